The lowest BCUT2D eigenvalue weighted by Crippen LogP contribution is -2.41. The molecule has 1 heterocycles. The van der Waals surface area contributed by atoms with Crippen molar-refractivity contribution in [1.82, 2.24) is 0 Å². The van der Waals surface area contributed by atoms with Crippen molar-refractivity contribution in [2.45, 2.75) is 6.92 Å². The first-order chi connectivity index (χ1) is 34.1. The van der Waals surface area contributed by atoms with Crippen molar-refractivity contribution in [2.24, 2.45) is 0 Å². The molecule has 0 atom stereocenters. The van der Waals surface area contributed by atoms with Crippen LogP contribution in [0.5, 0.6) is 0 Å². The van der Waals surface area contributed by atoms with Crippen LogP contribution in [0.25, 0.3) is 55.3 Å². The number of fused-ring (bicyclic) bond motifs is 4. The van der Waals surface area contributed by atoms with Crippen molar-refractivity contribution in [2.75, 3.05) is 15.1 Å². The van der Waals surface area contributed by atoms with Gasteiger partial charge >= 0.3 is 0 Å². The number of hydrogen-bond acceptors (Lipinski definition) is 3. The van der Waals surface area contributed by atoms with Crippen LogP contribution >= 0.6 is 0 Å². The van der Waals surface area contributed by atoms with E-state index in [9.17, 15) is 0 Å². The maximum Gasteiger partial charge on any atom is 0.198 e. The van der Waals surface area contributed by atoms with E-state index in [1.165, 1.54) is 83.3 Å². The summed E-state index contributed by atoms with van der Waals surface area (Å²) < 4.78 is 0. The lowest BCUT2D eigenvalue weighted by Gasteiger charge is -2.37. The molecule has 0 saturated carbocycles. The number of hydrogen-bond donors (Lipinski definition) is 1. The van der Waals surface area contributed by atoms with Gasteiger partial charge in [0.2, 0.25) is 0 Å². The Balaban J connectivity index is 1.10. The molecule has 0 saturated heterocycles. The van der Waals surface area contributed by atoms with Gasteiger partial charge in [0, 0.05) is 56.4 Å². The molecular weight excluding hydrogens is 834 g/mol. The zero-order chi connectivity index (χ0) is 46.1. The predicted molar refractivity (Wildman–Crippen MR) is 296 cm³/mol. The van der Waals surface area contributed by atoms with Gasteiger partial charge in [-0.2, -0.15) is 0 Å². The summed E-state index contributed by atoms with van der Waals surface area (Å²) in [5.41, 5.74) is 22.1. The van der Waals surface area contributed by atoms with Crippen molar-refractivity contribution in [3.8, 4) is 44.5 Å². The third-order valence-corrected chi connectivity index (χ3v) is 13.6. The number of nitrogens with one attached hydrogen (secondary N) is 1. The van der Waals surface area contributed by atoms with Crippen LogP contribution in [0.3, 0.4) is 0 Å². The quantitative estimate of drug-likeness (QED) is 0.138. The molecule has 0 aliphatic carbocycles. The van der Waals surface area contributed by atoms with Gasteiger partial charge in [0.05, 0.1) is 0 Å². The van der Waals surface area contributed by atoms with Crippen molar-refractivity contribution in [3.05, 3.63) is 266 Å². The lowest BCUT2D eigenvalue weighted by atomic mass is 9.57. The van der Waals surface area contributed by atoms with Gasteiger partial charge in [-0.15, -0.1) is 0 Å². The van der Waals surface area contributed by atoms with Gasteiger partial charge < -0.3 is 15.1 Å². The lowest BCUT2D eigenvalue weighted by molar-refractivity contribution is 1.27. The van der Waals surface area contributed by atoms with Crippen LogP contribution in [-0.2, 0) is 0 Å². The molecule has 0 radical (unpaired) electrons. The number of nitrogens with zero attached hydrogens (tertiary/aromatic N) is 2. The van der Waals surface area contributed by atoms with Gasteiger partial charge in [0.25, 0.3) is 0 Å². The Hall–Kier alpha value is -8.86. The van der Waals surface area contributed by atoms with Gasteiger partial charge in [-0.3, -0.25) is 0 Å². The standard InChI is InChI=1S/C65H48BN3/c1-45-31-32-51(48-23-11-4-12-24-48)43-63(45)69-62-40-35-50(47-21-9-3-10-22-47)42-60(62)66-64-59(41-52-25-17-18-30-57(52)65(64)69)58-39-38-56(68(54-26-13-5-14-27-54)55-28-15-6-16-29-55)44-61(58)67-53-36-33-49(34-37-53)46-19-7-2-8-20-46/h2-44,66-67H,1H3. The summed E-state index contributed by atoms with van der Waals surface area (Å²) in [6, 6.07) is 94.5. The highest BCUT2D eigenvalue weighted by Gasteiger charge is 2.31. The fourth-order valence-electron chi connectivity index (χ4n) is 10.2. The average Bonchev–Trinajstić information content (AvgIpc) is 3.42. The second kappa shape index (κ2) is 18.1. The van der Waals surface area contributed by atoms with Crippen LogP contribution in [-0.4, -0.2) is 7.28 Å². The minimum absolute atomic E-state index is 0.756. The second-order valence-electron chi connectivity index (χ2n) is 17.9. The van der Waals surface area contributed by atoms with E-state index in [-0.39, 0.29) is 0 Å². The minimum atomic E-state index is 0.756. The first-order valence-corrected chi connectivity index (χ1v) is 23.8. The van der Waals surface area contributed by atoms with Gasteiger partial charge in [-0.1, -0.05) is 200 Å². The highest BCUT2D eigenvalue weighted by atomic mass is 15.2. The zero-order valence-electron chi connectivity index (χ0n) is 38.4. The average molecular weight is 882 g/mol. The third-order valence-electron chi connectivity index (χ3n) is 13.6. The molecule has 0 aromatic heterocycles. The Kier molecular flexibility index (Phi) is 10.9. The van der Waals surface area contributed by atoms with Gasteiger partial charge in [0.1, 0.15) is 0 Å². The summed E-state index contributed by atoms with van der Waals surface area (Å²) in [5, 5.41) is 6.40. The van der Waals surface area contributed by atoms with Crippen LogP contribution in [0.2, 0.25) is 0 Å². The van der Waals surface area contributed by atoms with Crippen molar-refractivity contribution >= 4 is 74.5 Å². The molecule has 326 valence electrons. The minimum Gasteiger partial charge on any atom is -0.355 e. The van der Waals surface area contributed by atoms with E-state index in [2.05, 4.69) is 283 Å². The largest absolute Gasteiger partial charge is 0.355 e. The molecule has 0 spiro atoms. The maximum atomic E-state index is 3.99. The summed E-state index contributed by atoms with van der Waals surface area (Å²) in [7, 11) is 0.756. The molecule has 3 nitrogen and oxygen atoms in total. The Bertz CT molecular complexity index is 3560. The molecule has 11 aromatic rings. The maximum absolute atomic E-state index is 3.99. The topological polar surface area (TPSA) is 18.5 Å². The SMILES string of the molecule is Cc1ccc(-c2ccccc2)cc1N1c2ccc(-c3ccccc3)cc2Bc2c(-c3ccc(N(c4ccccc4)c4ccccc4)cc3Nc3ccc(-c4ccccc4)cc3)cc3ccccc3c21. The van der Waals surface area contributed by atoms with Crippen molar-refractivity contribution in [1.29, 1.82) is 0 Å². The van der Waals surface area contributed by atoms with Crippen LogP contribution < -0.4 is 26.0 Å². The molecule has 11 aromatic carbocycles. The number of rotatable bonds is 10. The molecule has 69 heavy (non-hydrogen) atoms. The Morgan fingerprint density at radius 2 is 0.913 bits per heavy atom. The number of aryl methyl sites for hydroxylation is 1. The molecule has 12 rings (SSSR count). The molecule has 0 unspecified atom stereocenters. The summed E-state index contributed by atoms with van der Waals surface area (Å²) in [4.78, 5) is 4.90. The van der Waals surface area contributed by atoms with Gasteiger partial charge in [-0.05, 0) is 129 Å². The van der Waals surface area contributed by atoms with E-state index >= 15 is 0 Å². The van der Waals surface area contributed by atoms with E-state index in [1.807, 2.05) is 0 Å². The Labute approximate surface area is 405 Å². The highest BCUT2D eigenvalue weighted by molar-refractivity contribution is 6.74. The smallest absolute Gasteiger partial charge is 0.198 e. The third kappa shape index (κ3) is 8.02. The van der Waals surface area contributed by atoms with Crippen LogP contribution in [0.1, 0.15) is 5.56 Å². The van der Waals surface area contributed by atoms with E-state index in [4.69, 9.17) is 0 Å². The fourth-order valence-corrected chi connectivity index (χ4v) is 10.2. The van der Waals surface area contributed by atoms with E-state index in [0.717, 1.165) is 41.3 Å². The summed E-state index contributed by atoms with van der Waals surface area (Å²) in [6.07, 6.45) is 0. The zero-order valence-corrected chi connectivity index (χ0v) is 38.4. The molecule has 0 bridgehead atoms. The molecule has 1 aliphatic rings. The monoisotopic (exact) mass is 881 g/mol. The number of para-hydroxylation sites is 2. The predicted octanol–water partition coefficient (Wildman–Crippen LogP) is 16.2. The van der Waals surface area contributed by atoms with E-state index in [0.29, 0.717) is 0 Å². The fraction of sp³-hybridized carbons (Fsp3) is 0.0154. The summed E-state index contributed by atoms with van der Waals surface area (Å²) >= 11 is 0. The molecule has 0 fully saturated rings. The molecular formula is C65H48BN3. The van der Waals surface area contributed by atoms with Crippen molar-refractivity contribution < 1.29 is 0 Å². The first kappa shape index (κ1) is 41.6. The highest BCUT2D eigenvalue weighted by Crippen LogP contribution is 2.46. The van der Waals surface area contributed by atoms with Gasteiger partial charge in [-0.25, -0.2) is 0 Å². The van der Waals surface area contributed by atoms with Crippen LogP contribution in [0.4, 0.5) is 45.5 Å². The van der Waals surface area contributed by atoms with Crippen LogP contribution in [0, 0.1) is 6.92 Å². The van der Waals surface area contributed by atoms with E-state index in [1.54, 1.807) is 0 Å². The molecule has 0 amide bonds. The number of benzene rings is 11. The van der Waals surface area contributed by atoms with E-state index < -0.39 is 0 Å². The van der Waals surface area contributed by atoms with Gasteiger partial charge in [0.15, 0.2) is 7.28 Å². The molecule has 1 N–H and O–H groups in total. The number of anilines is 8. The summed E-state index contributed by atoms with van der Waals surface area (Å²) in [5.74, 6) is 0. The first-order valence-electron chi connectivity index (χ1n) is 23.8. The summed E-state index contributed by atoms with van der Waals surface area (Å²) in [6.45, 7) is 2.25. The normalized spacial score (nSPS) is 11.6. The van der Waals surface area contributed by atoms with Crippen molar-refractivity contribution in [3.63, 3.8) is 0 Å². The Morgan fingerprint density at radius 3 is 1.55 bits per heavy atom. The second-order valence-corrected chi connectivity index (χ2v) is 17.9. The molecule has 4 heteroatoms. The van der Waals surface area contributed by atoms with Crippen LogP contribution in [0.15, 0.2) is 261 Å². The molecule has 1 aliphatic heterocycles. The Morgan fingerprint density at radius 1 is 0.391 bits per heavy atom.